The molecule has 0 aliphatic carbocycles. The third kappa shape index (κ3) is 3.72. The van der Waals surface area contributed by atoms with Crippen LogP contribution in [0.25, 0.3) is 0 Å². The van der Waals surface area contributed by atoms with Gasteiger partial charge in [-0.25, -0.2) is 14.4 Å². The quantitative estimate of drug-likeness (QED) is 0.528. The molecule has 9 nitrogen and oxygen atoms in total. The fourth-order valence-electron chi connectivity index (χ4n) is 3.07. The van der Waals surface area contributed by atoms with Gasteiger partial charge in [0.1, 0.15) is 17.8 Å². The van der Waals surface area contributed by atoms with Gasteiger partial charge >= 0.3 is 18.0 Å². The minimum absolute atomic E-state index is 0.728. The van der Waals surface area contributed by atoms with Crippen LogP contribution < -0.4 is 0 Å². The number of fused-ring (bicyclic) bond motifs is 1. The predicted octanol–water partition coefficient (Wildman–Crippen LogP) is 0.840. The van der Waals surface area contributed by atoms with Gasteiger partial charge in [0.15, 0.2) is 17.9 Å². The summed E-state index contributed by atoms with van der Waals surface area (Å²) in [6.45, 7) is 8.35. The van der Waals surface area contributed by atoms with E-state index in [1.54, 1.807) is 34.6 Å². The van der Waals surface area contributed by atoms with Crippen LogP contribution in [-0.4, -0.2) is 72.8 Å². The van der Waals surface area contributed by atoms with E-state index in [0.29, 0.717) is 0 Å². The lowest BCUT2D eigenvalue weighted by Crippen LogP contribution is -2.54. The second kappa shape index (κ2) is 6.45. The maximum Gasteiger partial charge on any atom is 0.411 e. The lowest BCUT2D eigenvalue weighted by Gasteiger charge is -2.33. The summed E-state index contributed by atoms with van der Waals surface area (Å²) in [5.74, 6) is -2.48. The Morgan fingerprint density at radius 2 is 1.32 bits per heavy atom. The van der Waals surface area contributed by atoms with Crippen molar-refractivity contribution in [3.63, 3.8) is 0 Å². The standard InChI is InChI=1S/C16H25NO8/c1-15(2,3)25-14(20)17-8(12(18)21-6)10-11(9(17)13(19)22-7)24-16(4,5)23-10/h8-11H,1-7H3/t8-,9-,10-,11+/m0/s1. The average Bonchev–Trinajstić information content (AvgIpc) is 2.93. The maximum absolute atomic E-state index is 12.7. The Bertz CT molecular complexity index is 533. The second-order valence-electron chi connectivity index (χ2n) is 7.39. The van der Waals surface area contributed by atoms with Crippen molar-refractivity contribution in [1.29, 1.82) is 0 Å². The smallest absolute Gasteiger partial charge is 0.411 e. The Kier molecular flexibility index (Phi) is 5.02. The number of carbonyl (C=O) groups is 3. The Morgan fingerprint density at radius 3 is 1.64 bits per heavy atom. The Morgan fingerprint density at radius 1 is 0.920 bits per heavy atom. The number of rotatable bonds is 2. The molecule has 0 saturated carbocycles. The molecule has 25 heavy (non-hydrogen) atoms. The van der Waals surface area contributed by atoms with E-state index < -0.39 is 53.7 Å². The van der Waals surface area contributed by atoms with Gasteiger partial charge in [-0.05, 0) is 34.6 Å². The van der Waals surface area contributed by atoms with Gasteiger partial charge in [0, 0.05) is 0 Å². The number of esters is 2. The summed E-state index contributed by atoms with van der Waals surface area (Å²) < 4.78 is 26.5. The van der Waals surface area contributed by atoms with Gasteiger partial charge in [-0.2, -0.15) is 0 Å². The summed E-state index contributed by atoms with van der Waals surface area (Å²) in [6.07, 6.45) is -2.60. The van der Waals surface area contributed by atoms with E-state index in [9.17, 15) is 14.4 Å². The van der Waals surface area contributed by atoms with Gasteiger partial charge in [0.25, 0.3) is 0 Å². The van der Waals surface area contributed by atoms with Crippen molar-refractivity contribution in [2.45, 2.75) is 70.3 Å². The molecule has 0 aromatic carbocycles. The van der Waals surface area contributed by atoms with E-state index in [-0.39, 0.29) is 0 Å². The Labute approximate surface area is 146 Å². The molecule has 0 N–H and O–H groups in total. The molecule has 0 aromatic rings. The first-order chi connectivity index (χ1) is 11.4. The zero-order valence-electron chi connectivity index (χ0n) is 15.5. The predicted molar refractivity (Wildman–Crippen MR) is 83.5 cm³/mol. The molecule has 2 aliphatic rings. The fraction of sp³-hybridized carbons (Fsp3) is 0.812. The molecular weight excluding hydrogens is 334 g/mol. The van der Waals surface area contributed by atoms with Crippen LogP contribution in [0.3, 0.4) is 0 Å². The summed E-state index contributed by atoms with van der Waals surface area (Å²) in [7, 11) is 2.38. The second-order valence-corrected chi connectivity index (χ2v) is 7.39. The van der Waals surface area contributed by atoms with Crippen LogP contribution >= 0.6 is 0 Å². The molecule has 0 unspecified atom stereocenters. The minimum atomic E-state index is -1.18. The van der Waals surface area contributed by atoms with Crippen LogP contribution in [0.1, 0.15) is 34.6 Å². The molecule has 0 bridgehead atoms. The summed E-state index contributed by atoms with van der Waals surface area (Å²) in [6, 6.07) is -2.37. The van der Waals surface area contributed by atoms with E-state index in [2.05, 4.69) is 0 Å². The van der Waals surface area contributed by atoms with E-state index in [1.807, 2.05) is 0 Å². The van der Waals surface area contributed by atoms with Crippen LogP contribution in [0.15, 0.2) is 0 Å². The molecular formula is C16H25NO8. The average molecular weight is 359 g/mol. The van der Waals surface area contributed by atoms with Crippen molar-refractivity contribution in [3.8, 4) is 0 Å². The number of ether oxygens (including phenoxy) is 5. The van der Waals surface area contributed by atoms with Gasteiger partial charge < -0.3 is 23.7 Å². The van der Waals surface area contributed by atoms with Crippen LogP contribution in [0.4, 0.5) is 4.79 Å². The fourth-order valence-corrected chi connectivity index (χ4v) is 3.07. The molecule has 142 valence electrons. The van der Waals surface area contributed by atoms with E-state index in [1.165, 1.54) is 14.2 Å². The van der Waals surface area contributed by atoms with Gasteiger partial charge in [-0.3, -0.25) is 4.90 Å². The highest BCUT2D eigenvalue weighted by molar-refractivity contribution is 5.90. The van der Waals surface area contributed by atoms with Crippen LogP contribution in [0, 0.1) is 0 Å². The molecule has 9 heteroatoms. The van der Waals surface area contributed by atoms with Crippen molar-refractivity contribution in [3.05, 3.63) is 0 Å². The zero-order chi connectivity index (χ0) is 19.2. The topological polar surface area (TPSA) is 101 Å². The highest BCUT2D eigenvalue weighted by Crippen LogP contribution is 2.41. The molecule has 0 aromatic heterocycles. The van der Waals surface area contributed by atoms with Gasteiger partial charge in [-0.1, -0.05) is 0 Å². The number of hydrogen-bond donors (Lipinski definition) is 0. The lowest BCUT2D eigenvalue weighted by molar-refractivity contribution is -0.180. The van der Waals surface area contributed by atoms with Gasteiger partial charge in [0.05, 0.1) is 14.2 Å². The Hall–Kier alpha value is -1.87. The number of carbonyl (C=O) groups excluding carboxylic acids is 3. The van der Waals surface area contributed by atoms with Crippen LogP contribution in [-0.2, 0) is 33.3 Å². The van der Waals surface area contributed by atoms with Crippen molar-refractivity contribution < 1.29 is 38.1 Å². The monoisotopic (exact) mass is 359 g/mol. The normalized spacial score (nSPS) is 30.6. The summed E-state index contributed by atoms with van der Waals surface area (Å²) in [5.41, 5.74) is -0.822. The Balaban J connectivity index is 2.46. The minimum Gasteiger partial charge on any atom is -0.467 e. The summed E-state index contributed by atoms with van der Waals surface area (Å²) in [4.78, 5) is 38.4. The molecule has 2 saturated heterocycles. The van der Waals surface area contributed by atoms with Crippen molar-refractivity contribution in [2.24, 2.45) is 0 Å². The van der Waals surface area contributed by atoms with E-state index in [0.717, 1.165) is 4.90 Å². The van der Waals surface area contributed by atoms with E-state index in [4.69, 9.17) is 23.7 Å². The first-order valence-electron chi connectivity index (χ1n) is 7.94. The van der Waals surface area contributed by atoms with Crippen molar-refractivity contribution in [1.82, 2.24) is 4.90 Å². The van der Waals surface area contributed by atoms with Gasteiger partial charge in [0.2, 0.25) is 0 Å². The molecule has 0 spiro atoms. The molecule has 1 amide bonds. The lowest BCUT2D eigenvalue weighted by atomic mass is 10.1. The zero-order valence-corrected chi connectivity index (χ0v) is 15.5. The summed E-state index contributed by atoms with van der Waals surface area (Å²) in [5, 5.41) is 0. The molecule has 2 aliphatic heterocycles. The molecule has 2 heterocycles. The molecule has 2 rings (SSSR count). The first kappa shape index (κ1) is 19.5. The molecule has 4 atom stereocenters. The van der Waals surface area contributed by atoms with E-state index >= 15 is 0 Å². The highest BCUT2D eigenvalue weighted by Gasteiger charge is 2.65. The maximum atomic E-state index is 12.7. The number of nitrogens with zero attached hydrogens (tertiary/aromatic N) is 1. The van der Waals surface area contributed by atoms with Crippen LogP contribution in [0.5, 0.6) is 0 Å². The highest BCUT2D eigenvalue weighted by atomic mass is 16.8. The van der Waals surface area contributed by atoms with Gasteiger partial charge in [-0.15, -0.1) is 0 Å². The third-order valence-corrected chi connectivity index (χ3v) is 3.88. The van der Waals surface area contributed by atoms with Crippen LogP contribution in [0.2, 0.25) is 0 Å². The number of amides is 1. The largest absolute Gasteiger partial charge is 0.467 e. The summed E-state index contributed by atoms with van der Waals surface area (Å²) >= 11 is 0. The number of hydrogen-bond acceptors (Lipinski definition) is 8. The van der Waals surface area contributed by atoms with Crippen molar-refractivity contribution >= 4 is 18.0 Å². The molecule has 0 radical (unpaired) electrons. The molecule has 2 fully saturated rings. The van der Waals surface area contributed by atoms with Crippen molar-refractivity contribution in [2.75, 3.05) is 14.2 Å². The SMILES string of the molecule is COC(=O)[C@@H]1[C@@H]2OC(C)(C)O[C@@H]2[C@@H](C(=O)OC)N1C(=O)OC(C)(C)C. The third-order valence-electron chi connectivity index (χ3n) is 3.88. The number of likely N-dealkylation sites (tertiary alicyclic amines) is 1. The first-order valence-corrected chi connectivity index (χ1v) is 7.94. The number of methoxy groups -OCH3 is 2.